The number of aryl methyl sites for hydroxylation is 1. The number of carbonyl (C=O) groups is 1. The van der Waals surface area contributed by atoms with Gasteiger partial charge in [0.1, 0.15) is 17.9 Å². The lowest BCUT2D eigenvalue weighted by Crippen LogP contribution is -2.50. The van der Waals surface area contributed by atoms with E-state index in [1.807, 2.05) is 78.6 Å². The summed E-state index contributed by atoms with van der Waals surface area (Å²) < 4.78 is 7.82. The van der Waals surface area contributed by atoms with Gasteiger partial charge in [-0.1, -0.05) is 60.1 Å². The number of aromatic nitrogens is 3. The second-order valence-corrected chi connectivity index (χ2v) is 10.1. The maximum Gasteiger partial charge on any atom is 0.260 e. The van der Waals surface area contributed by atoms with Crippen LogP contribution < -0.4 is 9.64 Å². The molecule has 0 aliphatic carbocycles. The molecule has 196 valence electrons. The minimum absolute atomic E-state index is 0.0129. The number of anilines is 1. The Hall–Kier alpha value is -4.36. The van der Waals surface area contributed by atoms with E-state index in [1.165, 1.54) is 0 Å². The molecule has 0 N–H and O–H groups in total. The first-order chi connectivity index (χ1) is 19.1. The van der Waals surface area contributed by atoms with Gasteiger partial charge in [-0.3, -0.25) is 4.79 Å². The van der Waals surface area contributed by atoms with Gasteiger partial charge in [0.2, 0.25) is 0 Å². The van der Waals surface area contributed by atoms with Crippen LogP contribution in [-0.4, -0.2) is 58.1 Å². The summed E-state index contributed by atoms with van der Waals surface area (Å²) in [5, 5.41) is 1.64. The summed E-state index contributed by atoms with van der Waals surface area (Å²) in [6, 6.07) is 25.8. The zero-order valence-corrected chi connectivity index (χ0v) is 22.4. The molecular formula is C31H28ClN5O2. The lowest BCUT2D eigenvalue weighted by Gasteiger charge is -2.35. The monoisotopic (exact) mass is 537 g/mol. The van der Waals surface area contributed by atoms with Crippen molar-refractivity contribution >= 4 is 34.4 Å². The number of carbonyl (C=O) groups excluding carboxylic acids is 1. The molecule has 1 amide bonds. The summed E-state index contributed by atoms with van der Waals surface area (Å²) in [6.45, 7) is 4.55. The van der Waals surface area contributed by atoms with E-state index in [4.69, 9.17) is 26.3 Å². The Labute approximate surface area is 232 Å². The highest BCUT2D eigenvalue weighted by molar-refractivity contribution is 6.30. The van der Waals surface area contributed by atoms with Crippen LogP contribution in [0.25, 0.3) is 27.8 Å². The minimum Gasteiger partial charge on any atom is -0.484 e. The number of benzene rings is 3. The fraction of sp³-hybridized carbons (Fsp3) is 0.194. The molecule has 2 aromatic heterocycles. The second-order valence-electron chi connectivity index (χ2n) is 9.63. The van der Waals surface area contributed by atoms with Gasteiger partial charge in [-0.2, -0.15) is 0 Å². The number of rotatable bonds is 6. The Kier molecular flexibility index (Phi) is 6.90. The van der Waals surface area contributed by atoms with E-state index in [0.717, 1.165) is 39.2 Å². The maximum atomic E-state index is 12.9. The van der Waals surface area contributed by atoms with Crippen molar-refractivity contribution in [3.8, 4) is 22.6 Å². The largest absolute Gasteiger partial charge is 0.484 e. The topological polar surface area (TPSA) is 63.5 Å². The Morgan fingerprint density at radius 3 is 2.49 bits per heavy atom. The molecule has 0 atom stereocenters. The van der Waals surface area contributed by atoms with Crippen molar-refractivity contribution in [3.05, 3.63) is 102 Å². The molecule has 3 heterocycles. The summed E-state index contributed by atoms with van der Waals surface area (Å²) >= 11 is 6.33. The lowest BCUT2D eigenvalue weighted by atomic mass is 10.1. The smallest absolute Gasteiger partial charge is 0.260 e. The molecule has 0 saturated carbocycles. The quantitative estimate of drug-likeness (QED) is 0.275. The summed E-state index contributed by atoms with van der Waals surface area (Å²) in [5.74, 6) is 1.56. The Bertz CT molecular complexity index is 1630. The highest BCUT2D eigenvalue weighted by Crippen LogP contribution is 2.37. The normalized spacial score (nSPS) is 13.6. The molecule has 8 heteroatoms. The Morgan fingerprint density at radius 2 is 1.72 bits per heavy atom. The third kappa shape index (κ3) is 5.18. The third-order valence-electron chi connectivity index (χ3n) is 7.02. The van der Waals surface area contributed by atoms with Crippen LogP contribution in [0, 0.1) is 6.92 Å². The molecule has 0 radical (unpaired) electrons. The number of ether oxygens (including phenoxy) is 1. The van der Waals surface area contributed by atoms with Crippen molar-refractivity contribution < 1.29 is 9.53 Å². The van der Waals surface area contributed by atoms with E-state index in [1.54, 1.807) is 6.33 Å². The molecule has 7 nitrogen and oxygen atoms in total. The summed E-state index contributed by atoms with van der Waals surface area (Å²) in [5.41, 5.74) is 4.98. The van der Waals surface area contributed by atoms with Crippen molar-refractivity contribution in [2.75, 3.05) is 37.7 Å². The number of nitrogens with zero attached hydrogens (tertiary/aromatic N) is 5. The van der Waals surface area contributed by atoms with Crippen molar-refractivity contribution in [2.24, 2.45) is 0 Å². The molecule has 1 aliphatic heterocycles. The molecule has 0 spiro atoms. The van der Waals surface area contributed by atoms with E-state index in [-0.39, 0.29) is 12.5 Å². The summed E-state index contributed by atoms with van der Waals surface area (Å²) in [6.07, 6.45) is 3.72. The minimum atomic E-state index is -0.0129. The molecular weight excluding hydrogens is 510 g/mol. The first-order valence-corrected chi connectivity index (χ1v) is 13.3. The number of hydrogen-bond donors (Lipinski definition) is 0. The van der Waals surface area contributed by atoms with Gasteiger partial charge in [-0.05, 0) is 48.4 Å². The van der Waals surface area contributed by atoms with Gasteiger partial charge < -0.3 is 19.1 Å². The van der Waals surface area contributed by atoms with Gasteiger partial charge in [0.25, 0.3) is 5.91 Å². The van der Waals surface area contributed by atoms with Crippen LogP contribution >= 0.6 is 11.6 Å². The molecule has 5 aromatic rings. The van der Waals surface area contributed by atoms with Crippen molar-refractivity contribution in [3.63, 3.8) is 0 Å². The average molecular weight is 538 g/mol. The number of hydrogen-bond acceptors (Lipinski definition) is 5. The van der Waals surface area contributed by atoms with Crippen LogP contribution in [0.1, 0.15) is 5.56 Å². The fourth-order valence-electron chi connectivity index (χ4n) is 5.05. The van der Waals surface area contributed by atoms with E-state index >= 15 is 0 Å². The van der Waals surface area contributed by atoms with Crippen LogP contribution in [-0.2, 0) is 4.79 Å². The van der Waals surface area contributed by atoms with Crippen LogP contribution in [0.15, 0.2) is 91.4 Å². The number of fused-ring (bicyclic) bond motifs is 1. The lowest BCUT2D eigenvalue weighted by molar-refractivity contribution is -0.133. The number of amides is 1. The van der Waals surface area contributed by atoms with Gasteiger partial charge in [-0.15, -0.1) is 0 Å². The van der Waals surface area contributed by atoms with Crippen LogP contribution in [0.3, 0.4) is 0 Å². The highest BCUT2D eigenvalue weighted by atomic mass is 35.5. The second kappa shape index (κ2) is 10.8. The molecule has 1 fully saturated rings. The number of piperazine rings is 1. The van der Waals surface area contributed by atoms with Gasteiger partial charge in [0, 0.05) is 48.6 Å². The predicted molar refractivity (Wildman–Crippen MR) is 155 cm³/mol. The third-order valence-corrected chi connectivity index (χ3v) is 7.25. The van der Waals surface area contributed by atoms with Gasteiger partial charge in [0.05, 0.1) is 5.39 Å². The van der Waals surface area contributed by atoms with E-state index < -0.39 is 0 Å². The van der Waals surface area contributed by atoms with Gasteiger partial charge in [-0.25, -0.2) is 9.97 Å². The molecule has 0 bridgehead atoms. The molecule has 0 unspecified atom stereocenters. The summed E-state index contributed by atoms with van der Waals surface area (Å²) in [7, 11) is 0. The van der Waals surface area contributed by atoms with Crippen molar-refractivity contribution in [1.82, 2.24) is 19.4 Å². The SMILES string of the molecule is Cc1cccc(OCC(=O)N2CCN(c3ncnc4c3c(-c3ccccc3)cn4-c3cccc(Cl)c3)CC2)c1. The average Bonchev–Trinajstić information content (AvgIpc) is 3.37. The van der Waals surface area contributed by atoms with Crippen molar-refractivity contribution in [2.45, 2.75) is 6.92 Å². The fourth-order valence-corrected chi connectivity index (χ4v) is 5.24. The van der Waals surface area contributed by atoms with Crippen molar-refractivity contribution in [1.29, 1.82) is 0 Å². The standard InChI is InChI=1S/C31H28ClN5O2/c1-22-7-5-12-26(17-22)39-20-28(38)35-13-15-36(16-14-35)30-29-27(23-8-3-2-4-9-23)19-37(31(29)34-21-33-30)25-11-6-10-24(32)18-25/h2-12,17-19,21H,13-16,20H2,1H3. The van der Waals surface area contributed by atoms with Gasteiger partial charge in [0.15, 0.2) is 12.3 Å². The predicted octanol–water partition coefficient (Wildman–Crippen LogP) is 5.78. The molecule has 6 rings (SSSR count). The van der Waals surface area contributed by atoms with Crippen LogP contribution in [0.5, 0.6) is 5.75 Å². The molecule has 3 aromatic carbocycles. The number of halogens is 1. The highest BCUT2D eigenvalue weighted by Gasteiger charge is 2.26. The Balaban J connectivity index is 1.27. The zero-order valence-electron chi connectivity index (χ0n) is 21.6. The van der Waals surface area contributed by atoms with E-state index in [2.05, 4.69) is 27.8 Å². The van der Waals surface area contributed by atoms with Crippen LogP contribution in [0.2, 0.25) is 5.02 Å². The van der Waals surface area contributed by atoms with Gasteiger partial charge >= 0.3 is 0 Å². The zero-order chi connectivity index (χ0) is 26.8. The van der Waals surface area contributed by atoms with Crippen LogP contribution in [0.4, 0.5) is 5.82 Å². The summed E-state index contributed by atoms with van der Waals surface area (Å²) in [4.78, 5) is 26.4. The first kappa shape index (κ1) is 24.9. The van der Waals surface area contributed by atoms with E-state index in [9.17, 15) is 4.79 Å². The molecule has 1 saturated heterocycles. The van der Waals surface area contributed by atoms with E-state index in [0.29, 0.717) is 37.0 Å². The molecule has 39 heavy (non-hydrogen) atoms. The Morgan fingerprint density at radius 1 is 0.923 bits per heavy atom. The maximum absolute atomic E-state index is 12.9. The first-order valence-electron chi connectivity index (χ1n) is 13.0. The molecule has 1 aliphatic rings.